The van der Waals surface area contributed by atoms with Gasteiger partial charge in [-0.3, -0.25) is 14.9 Å². The highest BCUT2D eigenvalue weighted by Gasteiger charge is 2.19. The van der Waals surface area contributed by atoms with Crippen molar-refractivity contribution >= 4 is 5.71 Å². The lowest BCUT2D eigenvalue weighted by atomic mass is 10.0. The molecule has 0 saturated heterocycles. The van der Waals surface area contributed by atoms with Gasteiger partial charge in [-0.05, 0) is 68.8 Å². The average molecular weight is 424 g/mol. The third-order valence-corrected chi connectivity index (χ3v) is 4.96. The highest BCUT2D eigenvalue weighted by atomic mass is 16.5. The number of aromatic nitrogens is 2. The Bertz CT molecular complexity index is 1060. The first-order chi connectivity index (χ1) is 15.1. The molecule has 0 saturated carbocycles. The van der Waals surface area contributed by atoms with Gasteiger partial charge in [0.1, 0.15) is 11.5 Å². The highest BCUT2D eigenvalue weighted by molar-refractivity contribution is 6.03. The van der Waals surface area contributed by atoms with Crippen molar-refractivity contribution < 1.29 is 14.2 Å². The summed E-state index contributed by atoms with van der Waals surface area (Å²) in [6, 6.07) is 14.9. The summed E-state index contributed by atoms with van der Waals surface area (Å²) in [5.41, 5.74) is 3.41. The van der Waals surface area contributed by atoms with Crippen molar-refractivity contribution in [3.05, 3.63) is 64.4 Å². The summed E-state index contributed by atoms with van der Waals surface area (Å²) in [7, 11) is 3.24. The maximum atomic E-state index is 13.4. The molecule has 0 unspecified atom stereocenters. The van der Waals surface area contributed by atoms with E-state index in [-0.39, 0.29) is 5.56 Å². The van der Waals surface area contributed by atoms with Crippen molar-refractivity contribution in [1.29, 1.82) is 0 Å². The number of nitrogens with one attached hydrogen (secondary N) is 1. The molecule has 1 N–H and O–H groups in total. The standard InChI is InChI=1S/C24H29N3O4/c1-5-31-16-6-15-25-17(2)22-23(18-7-11-20(29-3)12-8-18)26-27(24(22)28)19-9-13-21(30-4)14-10-19/h7-14,26H,5-6,15-16H2,1-4H3. The fraction of sp³-hybridized carbons (Fsp3) is 0.333. The molecule has 0 aliphatic rings. The Labute approximate surface area is 182 Å². The first-order valence-corrected chi connectivity index (χ1v) is 10.3. The number of aliphatic imine (C=N–C) groups is 1. The molecule has 1 aromatic heterocycles. The van der Waals surface area contributed by atoms with Crippen LogP contribution in [-0.4, -0.2) is 49.5 Å². The number of nitrogens with zero attached hydrogens (tertiary/aromatic N) is 2. The summed E-state index contributed by atoms with van der Waals surface area (Å²) in [6.45, 7) is 5.78. The fourth-order valence-electron chi connectivity index (χ4n) is 3.29. The van der Waals surface area contributed by atoms with Crippen molar-refractivity contribution in [2.45, 2.75) is 20.3 Å². The predicted octanol–water partition coefficient (Wildman–Crippen LogP) is 4.09. The van der Waals surface area contributed by atoms with Crippen LogP contribution in [0.3, 0.4) is 0 Å². The van der Waals surface area contributed by atoms with E-state index in [0.717, 1.165) is 34.9 Å². The number of methoxy groups -OCH3 is 2. The molecular formula is C24H29N3O4. The van der Waals surface area contributed by atoms with E-state index >= 15 is 0 Å². The Balaban J connectivity index is 2.04. The highest BCUT2D eigenvalue weighted by Crippen LogP contribution is 2.24. The van der Waals surface area contributed by atoms with Crippen LogP contribution in [0.4, 0.5) is 0 Å². The second-order valence-electron chi connectivity index (χ2n) is 6.95. The van der Waals surface area contributed by atoms with Crippen molar-refractivity contribution in [1.82, 2.24) is 9.78 Å². The van der Waals surface area contributed by atoms with E-state index < -0.39 is 0 Å². The number of rotatable bonds is 10. The van der Waals surface area contributed by atoms with Gasteiger partial charge in [-0.25, -0.2) is 4.68 Å². The maximum absolute atomic E-state index is 13.4. The molecule has 3 rings (SSSR count). The fourth-order valence-corrected chi connectivity index (χ4v) is 3.29. The Morgan fingerprint density at radius 3 is 2.19 bits per heavy atom. The van der Waals surface area contributed by atoms with Gasteiger partial charge in [0, 0.05) is 31.0 Å². The molecule has 31 heavy (non-hydrogen) atoms. The molecule has 0 aliphatic heterocycles. The van der Waals surface area contributed by atoms with E-state index in [1.54, 1.807) is 14.2 Å². The number of hydrogen-bond donors (Lipinski definition) is 1. The molecule has 0 amide bonds. The molecular weight excluding hydrogens is 394 g/mol. The molecule has 0 spiro atoms. The number of H-pyrrole nitrogens is 1. The number of hydrogen-bond acceptors (Lipinski definition) is 5. The zero-order chi connectivity index (χ0) is 22.2. The minimum absolute atomic E-state index is 0.151. The first kappa shape index (κ1) is 22.4. The second kappa shape index (κ2) is 10.6. The number of ether oxygens (including phenoxy) is 3. The topological polar surface area (TPSA) is 77.8 Å². The molecule has 7 nitrogen and oxygen atoms in total. The van der Waals surface area contributed by atoms with Crippen LogP contribution in [0, 0.1) is 0 Å². The Hall–Kier alpha value is -3.32. The maximum Gasteiger partial charge on any atom is 0.280 e. The molecule has 0 atom stereocenters. The molecule has 0 fully saturated rings. The van der Waals surface area contributed by atoms with E-state index in [1.807, 2.05) is 62.4 Å². The lowest BCUT2D eigenvalue weighted by Gasteiger charge is -2.05. The van der Waals surface area contributed by atoms with E-state index in [4.69, 9.17) is 14.2 Å². The van der Waals surface area contributed by atoms with Crippen LogP contribution in [0.1, 0.15) is 25.8 Å². The van der Waals surface area contributed by atoms with E-state index in [1.165, 1.54) is 4.68 Å². The summed E-state index contributed by atoms with van der Waals surface area (Å²) < 4.78 is 17.4. The third kappa shape index (κ3) is 5.24. The number of benzene rings is 2. The van der Waals surface area contributed by atoms with Crippen LogP contribution < -0.4 is 15.0 Å². The SMILES string of the molecule is CCOCCCN=C(C)c1c(-c2ccc(OC)cc2)[nH]n(-c2ccc(OC)cc2)c1=O. The van der Waals surface area contributed by atoms with Gasteiger partial charge in [-0.1, -0.05) is 0 Å². The van der Waals surface area contributed by atoms with Crippen LogP contribution in [0.5, 0.6) is 11.5 Å². The Morgan fingerprint density at radius 2 is 1.61 bits per heavy atom. The van der Waals surface area contributed by atoms with Crippen molar-refractivity contribution in [3.8, 4) is 28.4 Å². The van der Waals surface area contributed by atoms with Gasteiger partial charge in [-0.2, -0.15) is 0 Å². The first-order valence-electron chi connectivity index (χ1n) is 10.3. The van der Waals surface area contributed by atoms with Gasteiger partial charge >= 0.3 is 0 Å². The second-order valence-corrected chi connectivity index (χ2v) is 6.95. The monoisotopic (exact) mass is 423 g/mol. The Morgan fingerprint density at radius 1 is 1.00 bits per heavy atom. The predicted molar refractivity (Wildman–Crippen MR) is 123 cm³/mol. The van der Waals surface area contributed by atoms with Crippen LogP contribution >= 0.6 is 0 Å². The largest absolute Gasteiger partial charge is 0.497 e. The quantitative estimate of drug-likeness (QED) is 0.394. The van der Waals surface area contributed by atoms with Crippen LogP contribution in [0.15, 0.2) is 58.3 Å². The molecule has 0 radical (unpaired) electrons. The molecule has 1 heterocycles. The van der Waals surface area contributed by atoms with Crippen LogP contribution in [0.2, 0.25) is 0 Å². The minimum atomic E-state index is -0.151. The summed E-state index contributed by atoms with van der Waals surface area (Å²) in [6.07, 6.45) is 0.806. The van der Waals surface area contributed by atoms with Gasteiger partial charge in [0.25, 0.3) is 5.56 Å². The third-order valence-electron chi connectivity index (χ3n) is 4.96. The van der Waals surface area contributed by atoms with E-state index in [9.17, 15) is 4.79 Å². The van der Waals surface area contributed by atoms with E-state index in [0.29, 0.717) is 31.0 Å². The summed E-state index contributed by atoms with van der Waals surface area (Å²) in [5.74, 6) is 1.48. The molecule has 164 valence electrons. The smallest absolute Gasteiger partial charge is 0.280 e. The number of aromatic amines is 1. The van der Waals surface area contributed by atoms with Crippen LogP contribution in [-0.2, 0) is 4.74 Å². The molecule has 0 bridgehead atoms. The summed E-state index contributed by atoms with van der Waals surface area (Å²) in [4.78, 5) is 18.0. The average Bonchev–Trinajstić information content (AvgIpc) is 3.16. The minimum Gasteiger partial charge on any atom is -0.497 e. The lowest BCUT2D eigenvalue weighted by Crippen LogP contribution is -2.19. The zero-order valence-corrected chi connectivity index (χ0v) is 18.5. The molecule has 3 aromatic rings. The van der Waals surface area contributed by atoms with Crippen molar-refractivity contribution in [2.24, 2.45) is 4.99 Å². The van der Waals surface area contributed by atoms with Crippen molar-refractivity contribution in [3.63, 3.8) is 0 Å². The van der Waals surface area contributed by atoms with Crippen LogP contribution in [0.25, 0.3) is 16.9 Å². The molecule has 7 heteroatoms. The zero-order valence-electron chi connectivity index (χ0n) is 18.5. The molecule has 2 aromatic carbocycles. The van der Waals surface area contributed by atoms with Crippen molar-refractivity contribution in [2.75, 3.05) is 34.0 Å². The van der Waals surface area contributed by atoms with Gasteiger partial charge in [0.15, 0.2) is 0 Å². The normalized spacial score (nSPS) is 11.5. The van der Waals surface area contributed by atoms with Gasteiger partial charge in [-0.15, -0.1) is 0 Å². The van der Waals surface area contributed by atoms with Gasteiger partial charge < -0.3 is 14.2 Å². The van der Waals surface area contributed by atoms with E-state index in [2.05, 4.69) is 10.1 Å². The summed E-state index contributed by atoms with van der Waals surface area (Å²) in [5, 5.41) is 3.27. The van der Waals surface area contributed by atoms with Gasteiger partial charge in [0.05, 0.1) is 31.2 Å². The molecule has 0 aliphatic carbocycles. The summed E-state index contributed by atoms with van der Waals surface area (Å²) >= 11 is 0. The Kier molecular flexibility index (Phi) is 7.67. The van der Waals surface area contributed by atoms with Gasteiger partial charge in [0.2, 0.25) is 0 Å². The lowest BCUT2D eigenvalue weighted by molar-refractivity contribution is 0.146.